The van der Waals surface area contributed by atoms with Gasteiger partial charge in [0.05, 0.1) is 16.7 Å². The Labute approximate surface area is 157 Å². The molecule has 0 saturated carbocycles. The monoisotopic (exact) mass is 419 g/mol. The standard InChI is InChI=1S/C17H14BrN3O3S/c1-11-6-8-12(9-7-11)21-16(17(23)24-20-21)25-10-15(22)19-14-5-3-2-4-13(14)18/h2-9H,10H2,1H3,(H-,19,20,22,23). The average Bonchev–Trinajstić information content (AvgIpc) is 2.96. The van der Waals surface area contributed by atoms with Crippen molar-refractivity contribution in [2.45, 2.75) is 11.9 Å². The number of rotatable bonds is 5. The maximum atomic E-state index is 12.1. The second kappa shape index (κ2) is 7.71. The van der Waals surface area contributed by atoms with Crippen LogP contribution in [0.2, 0.25) is 0 Å². The molecule has 0 unspecified atom stereocenters. The van der Waals surface area contributed by atoms with Crippen LogP contribution in [0.3, 0.4) is 0 Å². The van der Waals surface area contributed by atoms with E-state index in [0.717, 1.165) is 21.8 Å². The molecule has 2 aromatic carbocycles. The zero-order chi connectivity index (χ0) is 17.8. The van der Waals surface area contributed by atoms with Crippen LogP contribution < -0.4 is 15.1 Å². The zero-order valence-corrected chi connectivity index (χ0v) is 15.6. The fourth-order valence-corrected chi connectivity index (χ4v) is 3.23. The highest BCUT2D eigenvalue weighted by Gasteiger charge is 2.22. The molecule has 0 aliphatic rings. The molecule has 0 atom stereocenters. The normalized spacial score (nSPS) is 10.6. The fraction of sp³-hybridized carbons (Fsp3) is 0.118. The topological polar surface area (TPSA) is 82.1 Å². The molecule has 1 amide bonds. The number of thioether (sulfide) groups is 1. The number of hydrogen-bond acceptors (Lipinski definition) is 5. The number of hydrogen-bond donors (Lipinski definition) is 1. The summed E-state index contributed by atoms with van der Waals surface area (Å²) in [5.41, 5.74) is 2.47. The number of aryl methyl sites for hydroxylation is 1. The van der Waals surface area contributed by atoms with Crippen molar-refractivity contribution in [1.29, 1.82) is 0 Å². The number of aromatic nitrogens is 2. The van der Waals surface area contributed by atoms with Crippen molar-refractivity contribution in [1.82, 2.24) is 5.27 Å². The van der Waals surface area contributed by atoms with Crippen LogP contribution in [0, 0.1) is 6.92 Å². The third kappa shape index (κ3) is 4.21. The molecule has 0 saturated heterocycles. The number of benzene rings is 2. The van der Waals surface area contributed by atoms with Crippen molar-refractivity contribution >= 4 is 39.3 Å². The number of amides is 1. The van der Waals surface area contributed by atoms with E-state index in [4.69, 9.17) is 4.52 Å². The first kappa shape index (κ1) is 17.5. The van der Waals surface area contributed by atoms with Crippen molar-refractivity contribution in [3.63, 3.8) is 0 Å². The first-order valence-corrected chi connectivity index (χ1v) is 9.15. The van der Waals surface area contributed by atoms with E-state index in [-0.39, 0.29) is 16.7 Å². The van der Waals surface area contributed by atoms with E-state index < -0.39 is 5.95 Å². The minimum Gasteiger partial charge on any atom is -0.538 e. The summed E-state index contributed by atoms with van der Waals surface area (Å²) in [5, 5.41) is 18.7. The van der Waals surface area contributed by atoms with Crippen LogP contribution in [-0.2, 0) is 4.79 Å². The fourth-order valence-electron chi connectivity index (χ4n) is 2.09. The van der Waals surface area contributed by atoms with E-state index in [9.17, 15) is 9.90 Å². The molecule has 6 nitrogen and oxygen atoms in total. The van der Waals surface area contributed by atoms with Gasteiger partial charge in [0.1, 0.15) is 0 Å². The van der Waals surface area contributed by atoms with E-state index in [0.29, 0.717) is 11.4 Å². The molecule has 0 aliphatic carbocycles. The molecule has 0 bridgehead atoms. The Morgan fingerprint density at radius 2 is 2.00 bits per heavy atom. The quantitative estimate of drug-likeness (QED) is 0.507. The SMILES string of the molecule is Cc1ccc(-[n+]2noc([O-])c2SCC(=O)Nc2ccccc2Br)cc1. The van der Waals surface area contributed by atoms with E-state index in [2.05, 4.69) is 26.5 Å². The zero-order valence-electron chi connectivity index (χ0n) is 13.2. The first-order chi connectivity index (χ1) is 12.0. The minimum absolute atomic E-state index is 0.0592. The highest BCUT2D eigenvalue weighted by molar-refractivity contribution is 9.10. The van der Waals surface area contributed by atoms with Crippen LogP contribution in [0.1, 0.15) is 5.56 Å². The molecule has 1 heterocycles. The van der Waals surface area contributed by atoms with Crippen molar-refractivity contribution in [2.24, 2.45) is 0 Å². The van der Waals surface area contributed by atoms with Gasteiger partial charge in [0.25, 0.3) is 5.03 Å². The minimum atomic E-state index is -0.570. The summed E-state index contributed by atoms with van der Waals surface area (Å²) in [4.78, 5) is 12.1. The van der Waals surface area contributed by atoms with Gasteiger partial charge in [-0.25, -0.2) is 0 Å². The third-order valence-electron chi connectivity index (χ3n) is 3.34. The van der Waals surface area contributed by atoms with Crippen LogP contribution in [0.15, 0.2) is 62.6 Å². The van der Waals surface area contributed by atoms with Crippen molar-refractivity contribution < 1.29 is 19.1 Å². The van der Waals surface area contributed by atoms with Crippen LogP contribution in [0.25, 0.3) is 5.69 Å². The number of nitrogens with zero attached hydrogens (tertiary/aromatic N) is 2. The smallest absolute Gasteiger partial charge is 0.298 e. The summed E-state index contributed by atoms with van der Waals surface area (Å²) in [6, 6.07) is 14.8. The van der Waals surface area contributed by atoms with Gasteiger partial charge in [-0.1, -0.05) is 29.8 Å². The van der Waals surface area contributed by atoms with Gasteiger partial charge < -0.3 is 14.9 Å². The number of carbonyl (C=O) groups excluding carboxylic acids is 1. The molecular weight excluding hydrogens is 406 g/mol. The Kier molecular flexibility index (Phi) is 5.40. The number of para-hydroxylation sites is 1. The molecular formula is C17H14BrN3O3S. The van der Waals surface area contributed by atoms with E-state index in [1.807, 2.05) is 49.4 Å². The van der Waals surface area contributed by atoms with Gasteiger partial charge in [0.15, 0.2) is 5.95 Å². The predicted octanol–water partition coefficient (Wildman–Crippen LogP) is 2.83. The maximum Gasteiger partial charge on any atom is 0.298 e. The lowest BCUT2D eigenvalue weighted by molar-refractivity contribution is -0.705. The summed E-state index contributed by atoms with van der Waals surface area (Å²) in [7, 11) is 0. The summed E-state index contributed by atoms with van der Waals surface area (Å²) in [6.07, 6.45) is 0. The second-order valence-corrected chi connectivity index (χ2v) is 7.05. The number of halogens is 1. The number of nitrogens with one attached hydrogen (secondary N) is 1. The lowest BCUT2D eigenvalue weighted by Gasteiger charge is -2.06. The molecule has 0 radical (unpaired) electrons. The van der Waals surface area contributed by atoms with E-state index in [1.165, 1.54) is 4.68 Å². The van der Waals surface area contributed by atoms with E-state index in [1.54, 1.807) is 6.07 Å². The summed E-state index contributed by atoms with van der Waals surface area (Å²) in [5.74, 6) is -0.740. The Hall–Kier alpha value is -2.32. The van der Waals surface area contributed by atoms with Crippen LogP contribution in [0.4, 0.5) is 5.69 Å². The first-order valence-electron chi connectivity index (χ1n) is 7.38. The maximum absolute atomic E-state index is 12.1. The molecule has 0 aliphatic heterocycles. The van der Waals surface area contributed by atoms with Crippen molar-refractivity contribution in [2.75, 3.05) is 11.1 Å². The van der Waals surface area contributed by atoms with Gasteiger partial charge in [-0.15, -0.1) is 0 Å². The Morgan fingerprint density at radius 1 is 1.28 bits per heavy atom. The lowest BCUT2D eigenvalue weighted by atomic mass is 10.2. The van der Waals surface area contributed by atoms with Gasteiger partial charge in [-0.2, -0.15) is 0 Å². The molecule has 1 N–H and O–H groups in total. The van der Waals surface area contributed by atoms with Gasteiger partial charge in [0.2, 0.25) is 11.6 Å². The van der Waals surface area contributed by atoms with E-state index >= 15 is 0 Å². The largest absolute Gasteiger partial charge is 0.538 e. The summed E-state index contributed by atoms with van der Waals surface area (Å²) < 4.78 is 6.94. The molecule has 25 heavy (non-hydrogen) atoms. The van der Waals surface area contributed by atoms with Crippen molar-refractivity contribution in [3.8, 4) is 11.6 Å². The van der Waals surface area contributed by atoms with Gasteiger partial charge in [-0.05, 0) is 51.4 Å². The van der Waals surface area contributed by atoms with Gasteiger partial charge in [0, 0.05) is 16.6 Å². The van der Waals surface area contributed by atoms with Gasteiger partial charge in [-0.3, -0.25) is 4.79 Å². The van der Waals surface area contributed by atoms with Crippen molar-refractivity contribution in [3.05, 3.63) is 58.6 Å². The third-order valence-corrected chi connectivity index (χ3v) is 5.05. The van der Waals surface area contributed by atoms with Gasteiger partial charge >= 0.3 is 0 Å². The predicted molar refractivity (Wildman–Crippen MR) is 95.7 cm³/mol. The average molecular weight is 420 g/mol. The number of anilines is 1. The summed E-state index contributed by atoms with van der Waals surface area (Å²) in [6.45, 7) is 1.97. The molecule has 8 heteroatoms. The molecule has 128 valence electrons. The Bertz CT molecular complexity index is 896. The Morgan fingerprint density at radius 3 is 2.72 bits per heavy atom. The van der Waals surface area contributed by atoms with Crippen LogP contribution in [-0.4, -0.2) is 16.9 Å². The second-order valence-electron chi connectivity index (χ2n) is 5.23. The highest BCUT2D eigenvalue weighted by atomic mass is 79.9. The molecule has 0 fully saturated rings. The lowest BCUT2D eigenvalue weighted by Crippen LogP contribution is -2.35. The molecule has 0 spiro atoms. The number of carbonyl (C=O) groups is 1. The Balaban J connectivity index is 1.71. The summed E-state index contributed by atoms with van der Waals surface area (Å²) >= 11 is 4.45. The highest BCUT2D eigenvalue weighted by Crippen LogP contribution is 2.25. The molecule has 1 aromatic heterocycles. The molecule has 3 rings (SSSR count). The van der Waals surface area contributed by atoms with Crippen LogP contribution in [0.5, 0.6) is 5.95 Å². The molecule has 3 aromatic rings. The van der Waals surface area contributed by atoms with Crippen LogP contribution >= 0.6 is 27.7 Å².